The number of halogens is 5. The van der Waals surface area contributed by atoms with Gasteiger partial charge < -0.3 is 0 Å². The first-order chi connectivity index (χ1) is 14.9. The fourth-order valence-corrected chi connectivity index (χ4v) is 3.32. The van der Waals surface area contributed by atoms with E-state index in [1.54, 1.807) is 29.2 Å². The number of alkyl halides is 4. The monoisotopic (exact) mass is 494 g/mol. The van der Waals surface area contributed by atoms with Crippen LogP contribution >= 0.6 is 15.9 Å². The van der Waals surface area contributed by atoms with Crippen molar-refractivity contribution in [1.82, 2.24) is 29.8 Å². The van der Waals surface area contributed by atoms with Crippen LogP contribution in [0.4, 0.5) is 17.6 Å². The van der Waals surface area contributed by atoms with Gasteiger partial charge in [-0.3, -0.25) is 9.67 Å². The third-order valence-electron chi connectivity index (χ3n) is 4.68. The highest BCUT2D eigenvalue weighted by Gasteiger charge is 2.20. The molecule has 1 unspecified atom stereocenters. The van der Waals surface area contributed by atoms with Crippen molar-refractivity contribution in [3.05, 3.63) is 82.5 Å². The van der Waals surface area contributed by atoms with E-state index in [-0.39, 0.29) is 17.3 Å². The van der Waals surface area contributed by atoms with E-state index in [1.807, 2.05) is 12.1 Å². The molecule has 3 aromatic heterocycles. The average molecular weight is 495 g/mol. The molecule has 0 fully saturated rings. The van der Waals surface area contributed by atoms with Gasteiger partial charge in [-0.2, -0.15) is 18.6 Å². The van der Waals surface area contributed by atoms with Gasteiger partial charge in [0.2, 0.25) is 0 Å². The topological polar surface area (TPSA) is 61.4 Å². The Bertz CT molecular complexity index is 1140. The standard InChI is InChI=1S/C20H15BrF4N6/c21-15-5-6-16(26-9-15)18(7-12-1-3-13(4-2-12)19(22)23)30-10-14(8-27-30)17-11-31(20(24)25)29-28-17/h1-6,8-11,18-20H,7H2. The van der Waals surface area contributed by atoms with Crippen molar-refractivity contribution < 1.29 is 17.6 Å². The Morgan fingerprint density at radius 3 is 2.29 bits per heavy atom. The largest absolute Gasteiger partial charge is 0.334 e. The summed E-state index contributed by atoms with van der Waals surface area (Å²) in [6, 6.07) is 9.39. The third-order valence-corrected chi connectivity index (χ3v) is 5.15. The van der Waals surface area contributed by atoms with Crippen LogP contribution in [0.15, 0.2) is 65.7 Å². The Labute approximate surface area is 182 Å². The van der Waals surface area contributed by atoms with Gasteiger partial charge in [0.05, 0.1) is 24.1 Å². The summed E-state index contributed by atoms with van der Waals surface area (Å²) in [4.78, 5) is 4.45. The lowest BCUT2D eigenvalue weighted by Crippen LogP contribution is -2.15. The lowest BCUT2D eigenvalue weighted by molar-refractivity contribution is 0.0546. The van der Waals surface area contributed by atoms with Crippen molar-refractivity contribution >= 4 is 15.9 Å². The quantitative estimate of drug-likeness (QED) is 0.320. The highest BCUT2D eigenvalue weighted by atomic mass is 79.9. The van der Waals surface area contributed by atoms with E-state index in [9.17, 15) is 17.6 Å². The Kier molecular flexibility index (Phi) is 6.12. The van der Waals surface area contributed by atoms with Gasteiger partial charge in [0.1, 0.15) is 5.69 Å². The summed E-state index contributed by atoms with van der Waals surface area (Å²) in [6.07, 6.45) is 3.87. The lowest BCUT2D eigenvalue weighted by atomic mass is 10.0. The summed E-state index contributed by atoms with van der Waals surface area (Å²) in [5.74, 6) is 0. The Morgan fingerprint density at radius 2 is 1.68 bits per heavy atom. The summed E-state index contributed by atoms with van der Waals surface area (Å²) in [7, 11) is 0. The van der Waals surface area contributed by atoms with Gasteiger partial charge in [-0.1, -0.05) is 29.5 Å². The van der Waals surface area contributed by atoms with Crippen molar-refractivity contribution in [2.45, 2.75) is 25.4 Å². The minimum Gasteiger partial charge on any atom is -0.263 e. The van der Waals surface area contributed by atoms with Crippen molar-refractivity contribution in [3.63, 3.8) is 0 Å². The van der Waals surface area contributed by atoms with Crippen LogP contribution in [0.1, 0.15) is 35.8 Å². The average Bonchev–Trinajstić information content (AvgIpc) is 3.43. The normalized spacial score (nSPS) is 12.6. The molecule has 0 amide bonds. The molecule has 1 atom stereocenters. The maximum atomic E-state index is 12.9. The summed E-state index contributed by atoms with van der Waals surface area (Å²) in [6.45, 7) is -2.78. The van der Waals surface area contributed by atoms with Crippen LogP contribution in [0.25, 0.3) is 11.3 Å². The molecule has 0 saturated carbocycles. The Morgan fingerprint density at radius 1 is 0.903 bits per heavy atom. The summed E-state index contributed by atoms with van der Waals surface area (Å²) < 4.78 is 54.2. The van der Waals surface area contributed by atoms with Gasteiger partial charge in [-0.15, -0.1) is 5.10 Å². The maximum Gasteiger partial charge on any atom is 0.334 e. The molecule has 0 spiro atoms. The van der Waals surface area contributed by atoms with Crippen molar-refractivity contribution in [2.24, 2.45) is 0 Å². The maximum absolute atomic E-state index is 12.9. The van der Waals surface area contributed by atoms with Gasteiger partial charge in [0, 0.05) is 34.4 Å². The van der Waals surface area contributed by atoms with Gasteiger partial charge in [-0.25, -0.2) is 8.78 Å². The van der Waals surface area contributed by atoms with E-state index in [2.05, 4.69) is 36.3 Å². The van der Waals surface area contributed by atoms with Crippen molar-refractivity contribution in [1.29, 1.82) is 0 Å². The third kappa shape index (κ3) is 4.82. The van der Waals surface area contributed by atoms with Crippen LogP contribution in [-0.2, 0) is 6.42 Å². The Hall–Kier alpha value is -3.08. The highest BCUT2D eigenvalue weighted by Crippen LogP contribution is 2.27. The molecule has 31 heavy (non-hydrogen) atoms. The minimum atomic E-state index is -2.78. The molecule has 4 aromatic rings. The summed E-state index contributed by atoms with van der Waals surface area (Å²) in [5.41, 5.74) is 2.25. The van der Waals surface area contributed by atoms with Crippen LogP contribution in [-0.4, -0.2) is 29.8 Å². The van der Waals surface area contributed by atoms with E-state index in [1.165, 1.54) is 18.3 Å². The fourth-order valence-electron chi connectivity index (χ4n) is 3.09. The molecule has 6 nitrogen and oxygen atoms in total. The number of benzene rings is 1. The smallest absolute Gasteiger partial charge is 0.263 e. The van der Waals surface area contributed by atoms with E-state index >= 15 is 0 Å². The molecule has 0 N–H and O–H groups in total. The second-order valence-corrected chi connectivity index (χ2v) is 7.65. The Balaban J connectivity index is 1.66. The van der Waals surface area contributed by atoms with Crippen LogP contribution in [0.5, 0.6) is 0 Å². The zero-order valence-corrected chi connectivity index (χ0v) is 17.4. The van der Waals surface area contributed by atoms with E-state index in [4.69, 9.17) is 0 Å². The highest BCUT2D eigenvalue weighted by molar-refractivity contribution is 9.10. The fraction of sp³-hybridized carbons (Fsp3) is 0.200. The molecule has 11 heteroatoms. The van der Waals surface area contributed by atoms with Crippen molar-refractivity contribution in [3.8, 4) is 11.3 Å². The van der Waals surface area contributed by atoms with E-state index in [0.717, 1.165) is 16.2 Å². The zero-order chi connectivity index (χ0) is 22.0. The molecule has 0 saturated heterocycles. The van der Waals surface area contributed by atoms with Gasteiger partial charge in [0.25, 0.3) is 6.43 Å². The van der Waals surface area contributed by atoms with E-state index < -0.39 is 13.0 Å². The van der Waals surface area contributed by atoms with Gasteiger partial charge in [-0.05, 0) is 33.6 Å². The number of hydrogen-bond acceptors (Lipinski definition) is 4. The second kappa shape index (κ2) is 8.96. The van der Waals surface area contributed by atoms with Gasteiger partial charge in [0.15, 0.2) is 0 Å². The molecule has 0 aliphatic rings. The first-order valence-corrected chi connectivity index (χ1v) is 9.93. The zero-order valence-electron chi connectivity index (χ0n) is 15.8. The SMILES string of the molecule is FC(F)c1ccc(CC(c2ccc(Br)cn2)n2cc(-c3cn(C(F)F)nn3)cn2)cc1. The number of rotatable bonds is 7. The molecule has 0 aliphatic carbocycles. The predicted octanol–water partition coefficient (Wildman–Crippen LogP) is 5.46. The van der Waals surface area contributed by atoms with Crippen LogP contribution in [0.2, 0.25) is 0 Å². The first kappa shape index (κ1) is 21.2. The van der Waals surface area contributed by atoms with E-state index in [0.29, 0.717) is 22.4 Å². The molecule has 1 aromatic carbocycles. The second-order valence-electron chi connectivity index (χ2n) is 6.73. The number of pyridine rings is 1. The number of aromatic nitrogens is 6. The van der Waals surface area contributed by atoms with Crippen LogP contribution < -0.4 is 0 Å². The van der Waals surface area contributed by atoms with Crippen molar-refractivity contribution in [2.75, 3.05) is 0 Å². The molecule has 3 heterocycles. The van der Waals surface area contributed by atoms with Crippen LogP contribution in [0, 0.1) is 0 Å². The predicted molar refractivity (Wildman–Crippen MR) is 108 cm³/mol. The molecule has 4 rings (SSSR count). The number of nitrogens with zero attached hydrogens (tertiary/aromatic N) is 6. The summed E-state index contributed by atoms with van der Waals surface area (Å²) >= 11 is 3.35. The minimum absolute atomic E-state index is 0.0504. The van der Waals surface area contributed by atoms with Gasteiger partial charge >= 0.3 is 6.55 Å². The molecular formula is C20H15BrF4N6. The molecule has 0 aliphatic heterocycles. The first-order valence-electron chi connectivity index (χ1n) is 9.13. The number of hydrogen-bond donors (Lipinski definition) is 0. The molecular weight excluding hydrogens is 480 g/mol. The molecule has 0 bridgehead atoms. The molecule has 160 valence electrons. The lowest BCUT2D eigenvalue weighted by Gasteiger charge is -2.18. The summed E-state index contributed by atoms with van der Waals surface area (Å²) in [5, 5.41) is 11.5. The molecule has 0 radical (unpaired) electrons. The van der Waals surface area contributed by atoms with Crippen LogP contribution in [0.3, 0.4) is 0 Å².